The van der Waals surface area contributed by atoms with Crippen LogP contribution in [-0.2, 0) is 0 Å². The quantitative estimate of drug-likeness (QED) is 0.346. The van der Waals surface area contributed by atoms with Gasteiger partial charge < -0.3 is 0 Å². The second-order valence-corrected chi connectivity index (χ2v) is 8.39. The minimum atomic E-state index is 0.530. The van der Waals surface area contributed by atoms with Crippen molar-refractivity contribution in [1.29, 1.82) is 0 Å². The van der Waals surface area contributed by atoms with Gasteiger partial charge in [-0.3, -0.25) is 0 Å². The van der Waals surface area contributed by atoms with Gasteiger partial charge in [0.15, 0.2) is 0 Å². The van der Waals surface area contributed by atoms with Crippen LogP contribution < -0.4 is 0 Å². The highest BCUT2D eigenvalue weighted by molar-refractivity contribution is 5.05. The Morgan fingerprint density at radius 2 is 0.905 bits per heavy atom. The summed E-state index contributed by atoms with van der Waals surface area (Å²) >= 11 is 0. The van der Waals surface area contributed by atoms with E-state index in [-0.39, 0.29) is 0 Å². The molecule has 0 aliphatic rings. The first-order chi connectivity index (χ1) is 9.77. The average Bonchev–Trinajstić information content (AvgIpc) is 2.40. The van der Waals surface area contributed by atoms with Crippen LogP contribution in [-0.4, -0.2) is 0 Å². The van der Waals surface area contributed by atoms with Gasteiger partial charge in [-0.1, -0.05) is 74.7 Å². The fraction of sp³-hybridized carbons (Fsp3) is 0.952. The Balaban J connectivity index is 5.13. The monoisotopic (exact) mass is 295 g/mol. The SMILES string of the molecule is CC[C](CC)C(CCC(C)C)(CCC(C)C)CCC(C)C. The van der Waals surface area contributed by atoms with E-state index in [4.69, 9.17) is 0 Å². The van der Waals surface area contributed by atoms with E-state index in [1.54, 1.807) is 0 Å². The van der Waals surface area contributed by atoms with Crippen LogP contribution >= 0.6 is 0 Å². The van der Waals surface area contributed by atoms with Gasteiger partial charge in [0.1, 0.15) is 0 Å². The molecule has 0 aliphatic carbocycles. The van der Waals surface area contributed by atoms with Crippen LogP contribution in [0.2, 0.25) is 0 Å². The van der Waals surface area contributed by atoms with Crippen molar-refractivity contribution in [3.05, 3.63) is 5.92 Å². The zero-order valence-corrected chi connectivity index (χ0v) is 16.4. The Labute approximate surface area is 136 Å². The van der Waals surface area contributed by atoms with Crippen molar-refractivity contribution in [3.63, 3.8) is 0 Å². The summed E-state index contributed by atoms with van der Waals surface area (Å²) in [7, 11) is 0. The predicted octanol–water partition coefficient (Wildman–Crippen LogP) is 7.68. The van der Waals surface area contributed by atoms with Crippen LogP contribution in [0.4, 0.5) is 0 Å². The maximum Gasteiger partial charge on any atom is -0.0185 e. The van der Waals surface area contributed by atoms with E-state index in [9.17, 15) is 0 Å². The zero-order chi connectivity index (χ0) is 16.5. The second-order valence-electron chi connectivity index (χ2n) is 8.39. The summed E-state index contributed by atoms with van der Waals surface area (Å²) in [5, 5.41) is 0. The summed E-state index contributed by atoms with van der Waals surface area (Å²) in [5.41, 5.74) is 0.530. The Hall–Kier alpha value is 0. The van der Waals surface area contributed by atoms with Crippen LogP contribution in [0.3, 0.4) is 0 Å². The van der Waals surface area contributed by atoms with E-state index in [2.05, 4.69) is 55.4 Å². The molecule has 0 heteroatoms. The van der Waals surface area contributed by atoms with Crippen LogP contribution in [0.25, 0.3) is 0 Å². The van der Waals surface area contributed by atoms with E-state index in [1.807, 2.05) is 5.92 Å². The molecular weight excluding hydrogens is 252 g/mol. The molecule has 0 bridgehead atoms. The summed E-state index contributed by atoms with van der Waals surface area (Å²) in [4.78, 5) is 0. The van der Waals surface area contributed by atoms with E-state index < -0.39 is 0 Å². The molecule has 0 nitrogen and oxygen atoms in total. The number of hydrogen-bond donors (Lipinski definition) is 0. The van der Waals surface area contributed by atoms with Crippen LogP contribution in [0.15, 0.2) is 0 Å². The molecule has 0 N–H and O–H groups in total. The van der Waals surface area contributed by atoms with Gasteiger partial charge in [0.05, 0.1) is 0 Å². The Morgan fingerprint density at radius 3 is 1.10 bits per heavy atom. The van der Waals surface area contributed by atoms with E-state index in [0.29, 0.717) is 5.41 Å². The lowest BCUT2D eigenvalue weighted by atomic mass is 9.63. The smallest absolute Gasteiger partial charge is 0.0185 e. The lowest BCUT2D eigenvalue weighted by molar-refractivity contribution is 0.178. The summed E-state index contributed by atoms with van der Waals surface area (Å²) in [5.74, 6) is 4.34. The summed E-state index contributed by atoms with van der Waals surface area (Å²) in [6.45, 7) is 19.1. The molecule has 1 radical (unpaired) electrons. The number of hydrogen-bond acceptors (Lipinski definition) is 0. The van der Waals surface area contributed by atoms with Gasteiger partial charge in [0.2, 0.25) is 0 Å². The second kappa shape index (κ2) is 10.7. The van der Waals surface area contributed by atoms with Crippen LogP contribution in [0.5, 0.6) is 0 Å². The standard InChI is InChI=1S/C21H43/c1-9-20(10-2)21(14-11-17(3)4,15-12-18(5)6)16-13-19(7)8/h17-19H,9-16H2,1-8H3. The zero-order valence-electron chi connectivity index (χ0n) is 16.4. The molecule has 0 saturated heterocycles. The molecule has 0 aromatic rings. The van der Waals surface area contributed by atoms with Crippen molar-refractivity contribution >= 4 is 0 Å². The van der Waals surface area contributed by atoms with Gasteiger partial charge in [0, 0.05) is 0 Å². The molecule has 0 atom stereocenters. The van der Waals surface area contributed by atoms with Crippen LogP contribution in [0.1, 0.15) is 107 Å². The Bertz CT molecular complexity index is 201. The fourth-order valence-electron chi connectivity index (χ4n) is 3.60. The molecule has 0 heterocycles. The summed E-state index contributed by atoms with van der Waals surface area (Å²) < 4.78 is 0. The first kappa shape index (κ1) is 21.0. The van der Waals surface area contributed by atoms with Gasteiger partial charge in [-0.25, -0.2) is 0 Å². The minimum Gasteiger partial charge on any atom is -0.0648 e. The van der Waals surface area contributed by atoms with Crippen molar-refractivity contribution in [1.82, 2.24) is 0 Å². The normalized spacial score (nSPS) is 13.1. The van der Waals surface area contributed by atoms with Crippen molar-refractivity contribution in [2.45, 2.75) is 107 Å². The van der Waals surface area contributed by atoms with Crippen molar-refractivity contribution in [2.75, 3.05) is 0 Å². The topological polar surface area (TPSA) is 0 Å². The van der Waals surface area contributed by atoms with Crippen molar-refractivity contribution < 1.29 is 0 Å². The lowest BCUT2D eigenvalue weighted by Gasteiger charge is -2.42. The lowest BCUT2D eigenvalue weighted by Crippen LogP contribution is -2.30. The molecule has 0 spiro atoms. The minimum absolute atomic E-state index is 0.530. The summed E-state index contributed by atoms with van der Waals surface area (Å²) in [6, 6.07) is 0. The highest BCUT2D eigenvalue weighted by Crippen LogP contribution is 2.48. The first-order valence-corrected chi connectivity index (χ1v) is 9.62. The molecule has 0 aliphatic heterocycles. The largest absolute Gasteiger partial charge is 0.0648 e. The fourth-order valence-corrected chi connectivity index (χ4v) is 3.60. The Morgan fingerprint density at radius 1 is 0.619 bits per heavy atom. The Kier molecular flexibility index (Phi) is 10.7. The maximum atomic E-state index is 2.38. The molecule has 0 amide bonds. The molecule has 0 rings (SSSR count). The van der Waals surface area contributed by atoms with Gasteiger partial charge in [-0.2, -0.15) is 0 Å². The predicted molar refractivity (Wildman–Crippen MR) is 98.5 cm³/mol. The van der Waals surface area contributed by atoms with E-state index in [1.165, 1.54) is 51.4 Å². The maximum absolute atomic E-state index is 2.38. The molecular formula is C21H43. The molecule has 127 valence electrons. The van der Waals surface area contributed by atoms with E-state index >= 15 is 0 Å². The number of rotatable bonds is 12. The first-order valence-electron chi connectivity index (χ1n) is 9.62. The third-order valence-electron chi connectivity index (χ3n) is 5.20. The van der Waals surface area contributed by atoms with Crippen molar-refractivity contribution in [2.24, 2.45) is 23.2 Å². The van der Waals surface area contributed by atoms with Gasteiger partial charge in [-0.15, -0.1) is 0 Å². The van der Waals surface area contributed by atoms with E-state index in [0.717, 1.165) is 17.8 Å². The van der Waals surface area contributed by atoms with Crippen LogP contribution in [0, 0.1) is 29.1 Å². The molecule has 0 fully saturated rings. The molecule has 0 aromatic carbocycles. The highest BCUT2D eigenvalue weighted by atomic mass is 14.4. The summed E-state index contributed by atoms with van der Waals surface area (Å²) in [6.07, 6.45) is 11.0. The van der Waals surface area contributed by atoms with Crippen molar-refractivity contribution in [3.8, 4) is 0 Å². The molecule has 0 saturated carbocycles. The van der Waals surface area contributed by atoms with Gasteiger partial charge in [-0.05, 0) is 61.2 Å². The average molecular weight is 296 g/mol. The molecule has 21 heavy (non-hydrogen) atoms. The highest BCUT2D eigenvalue weighted by Gasteiger charge is 2.36. The third kappa shape index (κ3) is 8.27. The van der Waals surface area contributed by atoms with Gasteiger partial charge >= 0.3 is 0 Å². The third-order valence-corrected chi connectivity index (χ3v) is 5.20. The van der Waals surface area contributed by atoms with Gasteiger partial charge in [0.25, 0.3) is 0 Å². The molecule has 0 aromatic heterocycles. The molecule has 0 unspecified atom stereocenters.